The number of aromatic amines is 1. The summed E-state index contributed by atoms with van der Waals surface area (Å²) in [5.74, 6) is 1.60. The summed E-state index contributed by atoms with van der Waals surface area (Å²) in [6, 6.07) is 14.8. The van der Waals surface area contributed by atoms with E-state index >= 15 is 0 Å². The van der Waals surface area contributed by atoms with Gasteiger partial charge in [-0.25, -0.2) is 9.78 Å². The number of hydrogen-bond donors (Lipinski definition) is 1. The Morgan fingerprint density at radius 2 is 1.76 bits per heavy atom. The van der Waals surface area contributed by atoms with Crippen LogP contribution in [-0.2, 0) is 14.0 Å². The zero-order chi connectivity index (χ0) is 32.8. The van der Waals surface area contributed by atoms with Crippen LogP contribution in [0.15, 0.2) is 48.7 Å². The van der Waals surface area contributed by atoms with E-state index in [4.69, 9.17) is 23.8 Å². The number of fused-ring (bicyclic) bond motifs is 5. The quantitative estimate of drug-likeness (QED) is 0.234. The average Bonchev–Trinajstić information content (AvgIpc) is 3.65. The fourth-order valence-electron chi connectivity index (χ4n) is 6.95. The number of likely N-dealkylation sites (tertiary alicyclic amines) is 1. The lowest BCUT2D eigenvalue weighted by atomic mass is 9.78. The summed E-state index contributed by atoms with van der Waals surface area (Å²) in [6.07, 6.45) is 4.17. The van der Waals surface area contributed by atoms with Gasteiger partial charge >= 0.3 is 13.2 Å². The molecule has 2 aromatic carbocycles. The lowest BCUT2D eigenvalue weighted by Crippen LogP contribution is -2.46. The van der Waals surface area contributed by atoms with E-state index in [1.54, 1.807) is 0 Å². The normalized spacial score (nSPS) is 23.6. The van der Waals surface area contributed by atoms with Crippen LogP contribution in [0.25, 0.3) is 33.4 Å². The highest BCUT2D eigenvalue weighted by molar-refractivity contribution is 6.62. The van der Waals surface area contributed by atoms with Crippen molar-refractivity contribution >= 4 is 29.6 Å². The first kappa shape index (κ1) is 30.9. The molecule has 3 aliphatic rings. The van der Waals surface area contributed by atoms with Crippen molar-refractivity contribution in [2.24, 2.45) is 0 Å². The zero-order valence-electron chi connectivity index (χ0n) is 28.4. The van der Waals surface area contributed by atoms with Crippen LogP contribution < -0.4 is 10.2 Å². The molecule has 1 amide bonds. The van der Waals surface area contributed by atoms with Crippen molar-refractivity contribution in [2.75, 3.05) is 0 Å². The van der Waals surface area contributed by atoms with Gasteiger partial charge in [0.25, 0.3) is 0 Å². The summed E-state index contributed by atoms with van der Waals surface area (Å²) in [7, 11) is -0.415. The molecule has 3 atom stereocenters. The summed E-state index contributed by atoms with van der Waals surface area (Å²) < 4.78 is 27.2. The molecule has 2 unspecified atom stereocenters. The van der Waals surface area contributed by atoms with Crippen LogP contribution in [-0.4, -0.2) is 55.5 Å². The maximum Gasteiger partial charge on any atom is 0.494 e. The smallest absolute Gasteiger partial charge is 0.470 e. The molecule has 1 N–H and O–H groups in total. The Morgan fingerprint density at radius 1 is 1.02 bits per heavy atom. The molecular weight excluding hydrogens is 579 g/mol. The molecule has 7 rings (SSSR count). The first-order valence-corrected chi connectivity index (χ1v) is 16.5. The van der Waals surface area contributed by atoms with Crippen LogP contribution in [0.1, 0.15) is 99.7 Å². The van der Waals surface area contributed by atoms with Gasteiger partial charge < -0.3 is 28.3 Å². The first-order chi connectivity index (χ1) is 21.6. The molecule has 0 spiro atoms. The number of carbonyl (C=O) groups is 1. The number of hydrogen-bond acceptors (Lipinski definition) is 6. The van der Waals surface area contributed by atoms with Crippen molar-refractivity contribution in [3.63, 3.8) is 0 Å². The lowest BCUT2D eigenvalue weighted by molar-refractivity contribution is -0.00445. The van der Waals surface area contributed by atoms with Gasteiger partial charge in [-0.2, -0.15) is 0 Å². The summed E-state index contributed by atoms with van der Waals surface area (Å²) in [5.41, 5.74) is 4.76. The van der Waals surface area contributed by atoms with Crippen molar-refractivity contribution in [3.05, 3.63) is 54.5 Å². The van der Waals surface area contributed by atoms with E-state index in [0.717, 1.165) is 69.7 Å². The van der Waals surface area contributed by atoms with E-state index in [9.17, 15) is 4.79 Å². The molecule has 46 heavy (non-hydrogen) atoms. The van der Waals surface area contributed by atoms with E-state index in [2.05, 4.69) is 93.6 Å². The van der Waals surface area contributed by atoms with Gasteiger partial charge in [-0.15, -0.1) is 0 Å². The van der Waals surface area contributed by atoms with E-state index < -0.39 is 23.9 Å². The van der Waals surface area contributed by atoms with Crippen LogP contribution >= 0.6 is 0 Å². The Morgan fingerprint density at radius 3 is 2.48 bits per heavy atom. The Hall–Kier alpha value is -3.76. The van der Waals surface area contributed by atoms with Gasteiger partial charge in [-0.05, 0) is 111 Å². The number of rotatable bonds is 3. The molecule has 0 radical (unpaired) electrons. The molecule has 2 aromatic heterocycles. The third kappa shape index (κ3) is 5.19. The van der Waals surface area contributed by atoms with Gasteiger partial charge in [0.05, 0.1) is 40.3 Å². The molecular formula is C36H45BN4O5. The topological polar surface area (TPSA) is 90.8 Å². The highest BCUT2D eigenvalue weighted by Gasteiger charge is 2.51. The van der Waals surface area contributed by atoms with E-state index in [1.165, 1.54) is 0 Å². The van der Waals surface area contributed by atoms with E-state index in [-0.39, 0.29) is 24.4 Å². The number of piperidine rings is 1. The number of imidazole rings is 1. The Kier molecular flexibility index (Phi) is 7.14. The molecule has 2 fully saturated rings. The minimum atomic E-state index is -0.561. The molecule has 0 saturated carbocycles. The van der Waals surface area contributed by atoms with Crippen molar-refractivity contribution in [1.82, 2.24) is 19.4 Å². The summed E-state index contributed by atoms with van der Waals surface area (Å²) >= 11 is 0. The first-order valence-electron chi connectivity index (χ1n) is 16.5. The molecule has 2 saturated heterocycles. The van der Waals surface area contributed by atoms with Gasteiger partial charge in [0, 0.05) is 22.6 Å². The van der Waals surface area contributed by atoms with Crippen LogP contribution in [0.3, 0.4) is 0 Å². The molecule has 5 heterocycles. The monoisotopic (exact) mass is 624 g/mol. The Balaban J connectivity index is 1.17. The number of H-pyrrole nitrogens is 1. The molecule has 4 aromatic rings. The summed E-state index contributed by atoms with van der Waals surface area (Å²) in [4.78, 5) is 23.3. The fraction of sp³-hybridized carbons (Fsp3) is 0.500. The maximum atomic E-state index is 13.2. The van der Waals surface area contributed by atoms with Crippen molar-refractivity contribution in [3.8, 4) is 28.3 Å². The minimum Gasteiger partial charge on any atom is -0.470 e. The van der Waals surface area contributed by atoms with Gasteiger partial charge in [-0.3, -0.25) is 4.90 Å². The van der Waals surface area contributed by atoms with Crippen LogP contribution in [0.5, 0.6) is 5.75 Å². The molecule has 242 valence electrons. The highest BCUT2D eigenvalue weighted by Crippen LogP contribution is 2.44. The predicted octanol–water partition coefficient (Wildman–Crippen LogP) is 7.76. The highest BCUT2D eigenvalue weighted by atomic mass is 16.7. The molecule has 0 aliphatic carbocycles. The van der Waals surface area contributed by atoms with Crippen LogP contribution in [0, 0.1) is 0 Å². The lowest BCUT2D eigenvalue weighted by Gasteiger charge is -2.40. The van der Waals surface area contributed by atoms with E-state index in [1.807, 2.05) is 31.9 Å². The number of benzene rings is 2. The molecule has 3 aliphatic heterocycles. The zero-order valence-corrected chi connectivity index (χ0v) is 28.4. The second kappa shape index (κ2) is 10.6. The van der Waals surface area contributed by atoms with Crippen LogP contribution in [0.4, 0.5) is 4.79 Å². The maximum absolute atomic E-state index is 13.2. The van der Waals surface area contributed by atoms with Gasteiger partial charge in [0.1, 0.15) is 17.2 Å². The van der Waals surface area contributed by atoms with Crippen LogP contribution in [0.2, 0.25) is 0 Å². The average molecular weight is 625 g/mol. The third-order valence-electron chi connectivity index (χ3n) is 10.0. The van der Waals surface area contributed by atoms with Crippen molar-refractivity contribution in [2.45, 2.75) is 117 Å². The second-order valence-electron chi connectivity index (χ2n) is 15.1. The molecule has 0 bridgehead atoms. The second-order valence-corrected chi connectivity index (χ2v) is 15.1. The largest absolute Gasteiger partial charge is 0.494 e. The SMILES string of the molecule is CC1CCC[C@@H](c2ncc(-c3ccc4c(c3)OC(C)n3c-4cc4cc(B5OC(C)(C)C(C)(C)O5)ccc43)[nH]2)N1C(=O)OC(C)(C)C. The fourth-order valence-corrected chi connectivity index (χ4v) is 6.95. The predicted molar refractivity (Wildman–Crippen MR) is 180 cm³/mol. The molecule has 9 nitrogen and oxygen atoms in total. The van der Waals surface area contributed by atoms with Crippen molar-refractivity contribution < 1.29 is 23.6 Å². The summed E-state index contributed by atoms with van der Waals surface area (Å²) in [5, 5.41) is 1.11. The number of nitrogens with zero attached hydrogens (tertiary/aromatic N) is 3. The number of carbonyl (C=O) groups excluding carboxylic acids is 1. The van der Waals surface area contributed by atoms with Gasteiger partial charge in [0.15, 0.2) is 6.23 Å². The minimum absolute atomic E-state index is 0.0699. The number of ether oxygens (including phenoxy) is 2. The van der Waals surface area contributed by atoms with Gasteiger partial charge in [0.2, 0.25) is 0 Å². The number of aromatic nitrogens is 3. The van der Waals surface area contributed by atoms with Crippen molar-refractivity contribution in [1.29, 1.82) is 0 Å². The van der Waals surface area contributed by atoms with Gasteiger partial charge in [-0.1, -0.05) is 18.2 Å². The summed E-state index contributed by atoms with van der Waals surface area (Å²) in [6.45, 7) is 18.2. The Bertz CT molecular complexity index is 1800. The number of nitrogens with one attached hydrogen (secondary N) is 1. The number of amides is 1. The third-order valence-corrected chi connectivity index (χ3v) is 10.0. The van der Waals surface area contributed by atoms with E-state index in [0.29, 0.717) is 0 Å². The standard InChI is InChI=1S/C36H45BN4O5/c1-21-11-10-12-29(40(21)33(42)44-34(3,4)5)32-38-20-27(39-32)23-13-15-26-30-18-24-17-25(37-45-35(6,7)36(8,9)46-37)14-16-28(24)41(30)22(2)43-31(26)19-23/h13-22,29H,10-12H2,1-9H3,(H,38,39)/t21?,22?,29-/m0/s1. The Labute approximate surface area is 271 Å². The molecule has 10 heteroatoms.